The Bertz CT molecular complexity index is 598. The lowest BCUT2D eigenvalue weighted by Crippen LogP contribution is -2.37. The highest BCUT2D eigenvalue weighted by Crippen LogP contribution is 2.24. The second-order valence-corrected chi connectivity index (χ2v) is 18.0. The first-order valence-electron chi connectivity index (χ1n) is 8.09. The van der Waals surface area contributed by atoms with Crippen LogP contribution in [0.4, 0.5) is 0 Å². The van der Waals surface area contributed by atoms with Gasteiger partial charge in [-0.15, -0.1) is 5.54 Å². The molecule has 0 unspecified atom stereocenters. The van der Waals surface area contributed by atoms with Crippen molar-refractivity contribution in [2.45, 2.75) is 51.3 Å². The molecule has 0 saturated carbocycles. The van der Waals surface area contributed by atoms with E-state index in [1.54, 1.807) is 0 Å². The van der Waals surface area contributed by atoms with E-state index in [0.29, 0.717) is 12.0 Å². The summed E-state index contributed by atoms with van der Waals surface area (Å²) in [5, 5.41) is 21.2. The Morgan fingerprint density at radius 1 is 1.09 bits per heavy atom. The van der Waals surface area contributed by atoms with E-state index < -0.39 is 21.7 Å². The third-order valence-electron chi connectivity index (χ3n) is 3.26. The summed E-state index contributed by atoms with van der Waals surface area (Å²) in [5.74, 6) is 3.12. The molecule has 1 aromatic rings. The largest absolute Gasteiger partial charge is 0.392 e. The molecule has 2 N–H and O–H groups in total. The predicted molar refractivity (Wildman–Crippen MR) is 105 cm³/mol. The van der Waals surface area contributed by atoms with Gasteiger partial charge in [-0.05, 0) is 11.1 Å². The molecule has 1 aromatic carbocycles. The highest BCUT2D eigenvalue weighted by Gasteiger charge is 2.31. The molecule has 0 amide bonds. The van der Waals surface area contributed by atoms with Crippen molar-refractivity contribution in [1.29, 1.82) is 0 Å². The molecule has 0 fully saturated rings. The van der Waals surface area contributed by atoms with Crippen LogP contribution in [0, 0.1) is 11.5 Å². The van der Waals surface area contributed by atoms with E-state index in [1.807, 2.05) is 30.3 Å². The van der Waals surface area contributed by atoms with Crippen LogP contribution in [0.2, 0.25) is 39.3 Å². The van der Waals surface area contributed by atoms with Gasteiger partial charge in [0.25, 0.3) is 0 Å². The number of hydrogen-bond acceptors (Lipinski definition) is 2. The predicted octanol–water partition coefficient (Wildman–Crippen LogP) is 3.64. The van der Waals surface area contributed by atoms with Crippen molar-refractivity contribution in [1.82, 2.24) is 0 Å². The number of aliphatic hydroxyl groups is 2. The summed E-state index contributed by atoms with van der Waals surface area (Å²) in [5.41, 5.74) is 5.74. The fraction of sp³-hybridized carbons (Fsp3) is 0.474. The first kappa shape index (κ1) is 19.9. The molecule has 0 aliphatic rings. The fourth-order valence-corrected chi connectivity index (χ4v) is 4.20. The molecule has 0 heterocycles. The van der Waals surface area contributed by atoms with Gasteiger partial charge in [0, 0.05) is 6.42 Å². The van der Waals surface area contributed by atoms with Crippen LogP contribution in [0.25, 0.3) is 0 Å². The van der Waals surface area contributed by atoms with E-state index in [1.165, 1.54) is 0 Å². The molecule has 0 spiro atoms. The summed E-state index contributed by atoms with van der Waals surface area (Å²) < 4.78 is 0. The Hall–Kier alpha value is -1.13. The lowest BCUT2D eigenvalue weighted by atomic mass is 9.89. The van der Waals surface area contributed by atoms with E-state index in [9.17, 15) is 10.2 Å². The van der Waals surface area contributed by atoms with Gasteiger partial charge in [-0.3, -0.25) is 0 Å². The van der Waals surface area contributed by atoms with Crippen LogP contribution in [0.15, 0.2) is 41.6 Å². The quantitative estimate of drug-likeness (QED) is 0.631. The minimum absolute atomic E-state index is 0.159. The van der Waals surface area contributed by atoms with E-state index in [-0.39, 0.29) is 6.61 Å². The minimum atomic E-state index is -1.62. The molecule has 1 atom stereocenters. The summed E-state index contributed by atoms with van der Waals surface area (Å²) in [6, 6.07) is 9.86. The van der Waals surface area contributed by atoms with Crippen LogP contribution in [0.1, 0.15) is 5.56 Å². The van der Waals surface area contributed by atoms with Crippen molar-refractivity contribution in [3.63, 3.8) is 0 Å². The Morgan fingerprint density at radius 3 is 2.09 bits per heavy atom. The first-order valence-corrected chi connectivity index (χ1v) is 15.2. The summed E-state index contributed by atoms with van der Waals surface area (Å²) >= 11 is 0. The van der Waals surface area contributed by atoms with Gasteiger partial charge in [0.05, 0.1) is 14.7 Å². The molecular weight excluding hydrogens is 316 g/mol. The SMILES string of the molecule is C[Si](C)(C)C#C[C@@](O)(Cc1ccccc1)/C(=C/[Si](C)(C)C)CO. The summed E-state index contributed by atoms with van der Waals surface area (Å²) in [7, 11) is -3.20. The molecule has 23 heavy (non-hydrogen) atoms. The van der Waals surface area contributed by atoms with Gasteiger partial charge in [0.2, 0.25) is 0 Å². The van der Waals surface area contributed by atoms with E-state index in [2.05, 4.69) is 56.4 Å². The Kier molecular flexibility index (Phi) is 6.61. The van der Waals surface area contributed by atoms with Crippen LogP contribution in [-0.2, 0) is 6.42 Å². The lowest BCUT2D eigenvalue weighted by Gasteiger charge is -2.28. The molecule has 0 aliphatic carbocycles. The van der Waals surface area contributed by atoms with Gasteiger partial charge in [-0.2, -0.15) is 0 Å². The maximum absolute atomic E-state index is 11.3. The first-order chi connectivity index (χ1) is 10.5. The van der Waals surface area contributed by atoms with Crippen molar-refractivity contribution >= 4 is 16.1 Å². The highest BCUT2D eigenvalue weighted by atomic mass is 28.3. The Balaban J connectivity index is 3.34. The minimum Gasteiger partial charge on any atom is -0.392 e. The monoisotopic (exact) mass is 346 g/mol. The van der Waals surface area contributed by atoms with Crippen LogP contribution >= 0.6 is 0 Å². The maximum atomic E-state index is 11.3. The van der Waals surface area contributed by atoms with E-state index >= 15 is 0 Å². The fourth-order valence-electron chi connectivity index (χ4n) is 2.24. The Labute approximate surface area is 143 Å². The molecular formula is C19H30O2Si2. The number of rotatable bonds is 5. The van der Waals surface area contributed by atoms with E-state index in [4.69, 9.17) is 0 Å². The van der Waals surface area contributed by atoms with Gasteiger partial charge >= 0.3 is 0 Å². The maximum Gasteiger partial charge on any atom is 0.152 e. The Morgan fingerprint density at radius 2 is 1.65 bits per heavy atom. The van der Waals surface area contributed by atoms with Crippen LogP contribution < -0.4 is 0 Å². The van der Waals surface area contributed by atoms with Crippen molar-refractivity contribution in [3.8, 4) is 11.5 Å². The normalized spacial score (nSPS) is 15.6. The molecule has 4 heteroatoms. The molecule has 126 valence electrons. The third kappa shape index (κ3) is 7.32. The van der Waals surface area contributed by atoms with Crippen molar-refractivity contribution in [3.05, 3.63) is 47.2 Å². The number of hydrogen-bond donors (Lipinski definition) is 2. The lowest BCUT2D eigenvalue weighted by molar-refractivity contribution is 0.124. The summed E-state index contributed by atoms with van der Waals surface area (Å²) in [6.45, 7) is 12.9. The molecule has 0 aliphatic heterocycles. The zero-order valence-corrected chi connectivity index (χ0v) is 17.3. The molecule has 2 nitrogen and oxygen atoms in total. The topological polar surface area (TPSA) is 40.5 Å². The van der Waals surface area contributed by atoms with E-state index in [0.717, 1.165) is 5.56 Å². The number of aliphatic hydroxyl groups excluding tert-OH is 1. The van der Waals surface area contributed by atoms with Gasteiger partial charge in [-0.1, -0.05) is 81.2 Å². The molecule has 0 bridgehead atoms. The van der Waals surface area contributed by atoms with Crippen molar-refractivity contribution in [2.75, 3.05) is 6.61 Å². The molecule has 0 aromatic heterocycles. The molecule has 0 saturated heterocycles. The summed E-state index contributed by atoms with van der Waals surface area (Å²) in [4.78, 5) is 0. The number of benzene rings is 1. The average molecular weight is 347 g/mol. The third-order valence-corrected chi connectivity index (χ3v) is 5.35. The molecule has 1 rings (SSSR count). The second-order valence-electron chi connectivity index (χ2n) is 8.22. The van der Waals surface area contributed by atoms with Crippen LogP contribution in [0.5, 0.6) is 0 Å². The summed E-state index contributed by atoms with van der Waals surface area (Å²) in [6.07, 6.45) is 0.405. The van der Waals surface area contributed by atoms with Crippen molar-refractivity contribution < 1.29 is 10.2 Å². The standard InChI is InChI=1S/C19H30O2Si2/c1-22(2,3)13-12-19(21,14-17-10-8-7-9-11-17)18(15-20)16-23(4,5)6/h7-11,16,20-21H,14-15H2,1-6H3/b18-16+/t19-/m1/s1. The highest BCUT2D eigenvalue weighted by molar-refractivity contribution is 6.84. The van der Waals surface area contributed by atoms with Gasteiger partial charge in [0.15, 0.2) is 5.60 Å². The second kappa shape index (κ2) is 7.63. The zero-order chi connectivity index (χ0) is 17.7. The van der Waals surface area contributed by atoms with Gasteiger partial charge in [-0.25, -0.2) is 0 Å². The van der Waals surface area contributed by atoms with Gasteiger partial charge in [0.1, 0.15) is 8.07 Å². The molecule has 0 radical (unpaired) electrons. The van der Waals surface area contributed by atoms with Crippen molar-refractivity contribution in [2.24, 2.45) is 0 Å². The smallest absolute Gasteiger partial charge is 0.152 e. The van der Waals surface area contributed by atoms with Gasteiger partial charge < -0.3 is 10.2 Å². The zero-order valence-electron chi connectivity index (χ0n) is 15.3. The van der Waals surface area contributed by atoms with Crippen LogP contribution in [0.3, 0.4) is 0 Å². The average Bonchev–Trinajstić information content (AvgIpc) is 2.42. The van der Waals surface area contributed by atoms with Crippen LogP contribution in [-0.4, -0.2) is 38.6 Å².